The predicted octanol–water partition coefficient (Wildman–Crippen LogP) is 3.76. The summed E-state index contributed by atoms with van der Waals surface area (Å²) in [5.74, 6) is 0.388. The van der Waals surface area contributed by atoms with Gasteiger partial charge in [0.25, 0.3) is 5.91 Å². The number of hydrogen-bond acceptors (Lipinski definition) is 4. The molecule has 3 aromatic heterocycles. The number of fused-ring (bicyclic) bond motifs is 1. The van der Waals surface area contributed by atoms with E-state index < -0.39 is 0 Å². The second-order valence-electron chi connectivity index (χ2n) is 7.57. The van der Waals surface area contributed by atoms with Gasteiger partial charge in [-0.2, -0.15) is 0 Å². The predicted molar refractivity (Wildman–Crippen MR) is 116 cm³/mol. The van der Waals surface area contributed by atoms with Gasteiger partial charge in [-0.05, 0) is 43.0 Å². The number of carbonyl (C=O) groups is 2. The molecule has 0 spiro atoms. The van der Waals surface area contributed by atoms with E-state index >= 15 is 0 Å². The first-order valence-corrected chi connectivity index (χ1v) is 9.87. The quantitative estimate of drug-likeness (QED) is 0.634. The van der Waals surface area contributed by atoms with Crippen LogP contribution in [0.3, 0.4) is 0 Å². The van der Waals surface area contributed by atoms with E-state index in [0.717, 1.165) is 34.9 Å². The standard InChI is InChI=1S/C23H24N4O3/c1-4-19(28)26-15-8-5-7-14(11-15)20-17(23(29)27(2)3)13-25-22-21(20)16(12-24-22)18-9-6-10-30-18/h4,6-7,9-10,12-13,15H,1,5,8,11H2,2-3H3,(H,24,25)(H,26,28). The molecule has 4 rings (SSSR count). The summed E-state index contributed by atoms with van der Waals surface area (Å²) in [4.78, 5) is 34.1. The molecule has 154 valence electrons. The molecule has 1 aliphatic rings. The van der Waals surface area contributed by atoms with Crippen LogP contribution < -0.4 is 5.32 Å². The van der Waals surface area contributed by atoms with Crippen LogP contribution in [0.4, 0.5) is 0 Å². The first kappa shape index (κ1) is 19.7. The first-order chi connectivity index (χ1) is 14.5. The fourth-order valence-corrected chi connectivity index (χ4v) is 3.96. The molecule has 0 saturated carbocycles. The van der Waals surface area contributed by atoms with Gasteiger partial charge in [0, 0.05) is 49.0 Å². The Morgan fingerprint density at radius 3 is 2.93 bits per heavy atom. The molecule has 0 saturated heterocycles. The lowest BCUT2D eigenvalue weighted by molar-refractivity contribution is -0.117. The van der Waals surface area contributed by atoms with Gasteiger partial charge in [0.2, 0.25) is 5.91 Å². The average Bonchev–Trinajstić information content (AvgIpc) is 3.42. The van der Waals surface area contributed by atoms with E-state index in [4.69, 9.17) is 4.42 Å². The summed E-state index contributed by atoms with van der Waals surface area (Å²) in [6, 6.07) is 3.69. The van der Waals surface area contributed by atoms with E-state index in [1.165, 1.54) is 6.08 Å². The zero-order chi connectivity index (χ0) is 21.3. The van der Waals surface area contributed by atoms with Gasteiger partial charge in [-0.3, -0.25) is 9.59 Å². The highest BCUT2D eigenvalue weighted by molar-refractivity contribution is 6.09. The number of allylic oxidation sites excluding steroid dienone is 1. The smallest absolute Gasteiger partial charge is 0.255 e. The van der Waals surface area contributed by atoms with Crippen molar-refractivity contribution in [1.82, 2.24) is 20.2 Å². The first-order valence-electron chi connectivity index (χ1n) is 9.87. The van der Waals surface area contributed by atoms with Gasteiger partial charge in [0.1, 0.15) is 11.4 Å². The van der Waals surface area contributed by atoms with Crippen LogP contribution in [0.15, 0.2) is 53.9 Å². The van der Waals surface area contributed by atoms with Crippen molar-refractivity contribution in [2.45, 2.75) is 25.3 Å². The van der Waals surface area contributed by atoms with Crippen molar-refractivity contribution in [3.63, 3.8) is 0 Å². The number of furan rings is 1. The largest absolute Gasteiger partial charge is 0.464 e. The Hall–Kier alpha value is -3.61. The minimum Gasteiger partial charge on any atom is -0.464 e. The van der Waals surface area contributed by atoms with Gasteiger partial charge in [0.05, 0.1) is 11.8 Å². The van der Waals surface area contributed by atoms with Crippen molar-refractivity contribution in [3.05, 3.63) is 60.6 Å². The molecule has 2 N–H and O–H groups in total. The molecule has 0 bridgehead atoms. The van der Waals surface area contributed by atoms with Crippen LogP contribution in [0.25, 0.3) is 27.9 Å². The number of nitrogens with zero attached hydrogens (tertiary/aromatic N) is 2. The maximum absolute atomic E-state index is 13.0. The third-order valence-electron chi connectivity index (χ3n) is 5.35. The van der Waals surface area contributed by atoms with Crippen molar-refractivity contribution in [3.8, 4) is 11.3 Å². The minimum atomic E-state index is -0.191. The molecule has 0 aliphatic heterocycles. The van der Waals surface area contributed by atoms with Crippen LogP contribution in [-0.4, -0.2) is 46.8 Å². The maximum Gasteiger partial charge on any atom is 0.255 e. The zero-order valence-electron chi connectivity index (χ0n) is 17.1. The number of hydrogen-bond donors (Lipinski definition) is 2. The van der Waals surface area contributed by atoms with E-state index in [2.05, 4.69) is 27.9 Å². The molecular formula is C23H24N4O3. The Labute approximate surface area is 174 Å². The summed E-state index contributed by atoms with van der Waals surface area (Å²) in [6.45, 7) is 3.53. The van der Waals surface area contributed by atoms with Crippen molar-refractivity contribution in [1.29, 1.82) is 0 Å². The molecule has 7 heteroatoms. The molecule has 1 unspecified atom stereocenters. The molecule has 0 radical (unpaired) electrons. The number of H-pyrrole nitrogens is 1. The molecule has 3 heterocycles. The third-order valence-corrected chi connectivity index (χ3v) is 5.35. The Bertz CT molecular complexity index is 1140. The highest BCUT2D eigenvalue weighted by atomic mass is 16.3. The molecule has 1 aliphatic carbocycles. The summed E-state index contributed by atoms with van der Waals surface area (Å²) in [5.41, 5.74) is 3.92. The lowest BCUT2D eigenvalue weighted by Gasteiger charge is -2.25. The SMILES string of the molecule is C=CC(=O)NC1CCC=C(c2c(C(=O)N(C)C)cnc3[nH]cc(-c4ccco4)c23)C1. The van der Waals surface area contributed by atoms with Crippen LogP contribution in [-0.2, 0) is 4.79 Å². The number of aromatic amines is 1. The minimum absolute atomic E-state index is 0.0213. The van der Waals surface area contributed by atoms with Gasteiger partial charge in [0.15, 0.2) is 0 Å². The van der Waals surface area contributed by atoms with Crippen LogP contribution in [0, 0.1) is 0 Å². The summed E-state index contributed by atoms with van der Waals surface area (Å²) in [7, 11) is 3.45. The molecule has 30 heavy (non-hydrogen) atoms. The Morgan fingerprint density at radius 1 is 1.40 bits per heavy atom. The van der Waals surface area contributed by atoms with Crippen LogP contribution >= 0.6 is 0 Å². The Kier molecular flexibility index (Phi) is 5.27. The monoisotopic (exact) mass is 404 g/mol. The average molecular weight is 404 g/mol. The van der Waals surface area contributed by atoms with E-state index in [0.29, 0.717) is 23.4 Å². The second kappa shape index (κ2) is 8.02. The van der Waals surface area contributed by atoms with E-state index in [1.807, 2.05) is 18.3 Å². The number of nitrogens with one attached hydrogen (secondary N) is 2. The molecule has 1 atom stereocenters. The Morgan fingerprint density at radius 2 is 2.23 bits per heavy atom. The van der Waals surface area contributed by atoms with E-state index in [9.17, 15) is 9.59 Å². The van der Waals surface area contributed by atoms with Crippen LogP contribution in [0.1, 0.15) is 35.2 Å². The molecule has 0 aromatic carbocycles. The van der Waals surface area contributed by atoms with Crippen molar-refractivity contribution < 1.29 is 14.0 Å². The van der Waals surface area contributed by atoms with Gasteiger partial charge in [-0.15, -0.1) is 0 Å². The number of carbonyl (C=O) groups excluding carboxylic acids is 2. The van der Waals surface area contributed by atoms with Crippen molar-refractivity contribution >= 4 is 28.4 Å². The summed E-state index contributed by atoms with van der Waals surface area (Å²) >= 11 is 0. The van der Waals surface area contributed by atoms with Gasteiger partial charge < -0.3 is 19.6 Å². The summed E-state index contributed by atoms with van der Waals surface area (Å²) < 4.78 is 5.63. The maximum atomic E-state index is 13.0. The highest BCUT2D eigenvalue weighted by Gasteiger charge is 2.27. The number of rotatable bonds is 5. The van der Waals surface area contributed by atoms with Gasteiger partial charge in [-0.25, -0.2) is 4.98 Å². The third kappa shape index (κ3) is 3.54. The zero-order valence-corrected chi connectivity index (χ0v) is 17.1. The van der Waals surface area contributed by atoms with E-state index in [-0.39, 0.29) is 17.9 Å². The second-order valence-corrected chi connectivity index (χ2v) is 7.57. The number of pyridine rings is 1. The van der Waals surface area contributed by atoms with Gasteiger partial charge in [-0.1, -0.05) is 12.7 Å². The topological polar surface area (TPSA) is 91.2 Å². The number of aromatic nitrogens is 2. The van der Waals surface area contributed by atoms with Gasteiger partial charge >= 0.3 is 0 Å². The van der Waals surface area contributed by atoms with E-state index in [1.54, 1.807) is 31.5 Å². The summed E-state index contributed by atoms with van der Waals surface area (Å²) in [6.07, 6.45) is 10.8. The van der Waals surface area contributed by atoms with Crippen molar-refractivity contribution in [2.24, 2.45) is 0 Å². The molecule has 7 nitrogen and oxygen atoms in total. The number of amides is 2. The molecule has 0 fully saturated rings. The van der Waals surface area contributed by atoms with Crippen LogP contribution in [0.5, 0.6) is 0 Å². The summed E-state index contributed by atoms with van der Waals surface area (Å²) in [5, 5.41) is 3.84. The molecule has 3 aromatic rings. The normalized spacial score (nSPS) is 16.2. The fraction of sp³-hybridized carbons (Fsp3) is 0.261. The lowest BCUT2D eigenvalue weighted by atomic mass is 9.86. The molecular weight excluding hydrogens is 380 g/mol. The lowest BCUT2D eigenvalue weighted by Crippen LogP contribution is -2.35. The van der Waals surface area contributed by atoms with Crippen LogP contribution in [0.2, 0.25) is 0 Å². The van der Waals surface area contributed by atoms with Crippen molar-refractivity contribution in [2.75, 3.05) is 14.1 Å². The fourth-order valence-electron chi connectivity index (χ4n) is 3.96. The highest BCUT2D eigenvalue weighted by Crippen LogP contribution is 2.39. The molecule has 2 amide bonds. The Balaban J connectivity index is 1.89.